The third kappa shape index (κ3) is 3.16. The molecule has 1 N–H and O–H groups in total. The van der Waals surface area contributed by atoms with Crippen molar-refractivity contribution in [2.75, 3.05) is 0 Å². The number of hydrogen-bond donors (Lipinski definition) is 1. The van der Waals surface area contributed by atoms with Crippen LogP contribution < -0.4 is 0 Å². The first-order chi connectivity index (χ1) is 13.3. The summed E-state index contributed by atoms with van der Waals surface area (Å²) in [6.07, 6.45) is 0. The minimum absolute atomic E-state index is 0.0809. The lowest BCUT2D eigenvalue weighted by Gasteiger charge is -2.22. The van der Waals surface area contributed by atoms with Gasteiger partial charge >= 0.3 is 0 Å². The van der Waals surface area contributed by atoms with Crippen LogP contribution in [0.4, 0.5) is 0 Å². The summed E-state index contributed by atoms with van der Waals surface area (Å²) in [7, 11) is 0. The minimum atomic E-state index is -0.363. The molecule has 1 heterocycles. The summed E-state index contributed by atoms with van der Waals surface area (Å²) in [6.45, 7) is 5.99. The fraction of sp³-hybridized carbons (Fsp3) is 0.174. The summed E-state index contributed by atoms with van der Waals surface area (Å²) >= 11 is 0. The molecule has 140 valence electrons. The van der Waals surface area contributed by atoms with Crippen molar-refractivity contribution in [2.24, 2.45) is 0 Å². The molecule has 0 aliphatic rings. The van der Waals surface area contributed by atoms with Crippen LogP contribution in [0, 0.1) is 0 Å². The Labute approximate surface area is 163 Å². The fourth-order valence-corrected chi connectivity index (χ4v) is 3.20. The van der Waals surface area contributed by atoms with E-state index in [1.54, 1.807) is 24.3 Å². The van der Waals surface area contributed by atoms with Crippen LogP contribution in [0.3, 0.4) is 0 Å². The van der Waals surface area contributed by atoms with Gasteiger partial charge in [0.25, 0.3) is 0 Å². The topological polar surface area (TPSA) is 68.0 Å². The number of benzene rings is 3. The maximum Gasteiger partial charge on any atom is 0.193 e. The first kappa shape index (κ1) is 17.9. The Balaban J connectivity index is 1.93. The van der Waals surface area contributed by atoms with E-state index in [1.165, 1.54) is 4.80 Å². The highest BCUT2D eigenvalue weighted by molar-refractivity contribution is 6.09. The standard InChI is InChI=1S/C23H21N3O2/c1-23(2,3)17-13-16(21(27)15-9-5-4-6-10-15)14-20(22(17)28)26-24-18-11-7-8-12-19(18)25-26/h4-14,28H,1-3H3. The lowest BCUT2D eigenvalue weighted by molar-refractivity contribution is 0.103. The molecule has 3 aromatic carbocycles. The Kier molecular flexibility index (Phi) is 4.23. The van der Waals surface area contributed by atoms with Crippen LogP contribution in [-0.2, 0) is 5.41 Å². The number of ketones is 1. The zero-order valence-corrected chi connectivity index (χ0v) is 16.0. The van der Waals surface area contributed by atoms with Gasteiger partial charge in [-0.2, -0.15) is 0 Å². The van der Waals surface area contributed by atoms with Gasteiger partial charge < -0.3 is 5.11 Å². The van der Waals surface area contributed by atoms with Crippen molar-refractivity contribution in [3.8, 4) is 11.4 Å². The Morgan fingerprint density at radius 2 is 1.43 bits per heavy atom. The van der Waals surface area contributed by atoms with Crippen molar-refractivity contribution in [2.45, 2.75) is 26.2 Å². The average Bonchev–Trinajstić information content (AvgIpc) is 3.11. The number of phenols is 1. The molecule has 0 saturated heterocycles. The molecule has 0 spiro atoms. The molecule has 0 bridgehead atoms. The normalized spacial score (nSPS) is 11.7. The van der Waals surface area contributed by atoms with E-state index in [1.807, 2.05) is 63.2 Å². The Morgan fingerprint density at radius 3 is 2.00 bits per heavy atom. The molecule has 5 nitrogen and oxygen atoms in total. The Hall–Kier alpha value is -3.47. The lowest BCUT2D eigenvalue weighted by atomic mass is 9.84. The van der Waals surface area contributed by atoms with Gasteiger partial charge in [-0.1, -0.05) is 63.2 Å². The number of carbonyl (C=O) groups is 1. The second kappa shape index (κ2) is 6.60. The van der Waals surface area contributed by atoms with Gasteiger partial charge in [0.15, 0.2) is 5.78 Å². The number of phenolic OH excluding ortho intramolecular Hbond substituents is 1. The fourth-order valence-electron chi connectivity index (χ4n) is 3.20. The first-order valence-electron chi connectivity index (χ1n) is 9.14. The predicted octanol–water partition coefficient (Wildman–Crippen LogP) is 4.65. The summed E-state index contributed by atoms with van der Waals surface area (Å²) in [6, 6.07) is 20.0. The van der Waals surface area contributed by atoms with Crippen LogP contribution in [0.5, 0.6) is 5.75 Å². The van der Waals surface area contributed by atoms with Crippen molar-refractivity contribution in [1.82, 2.24) is 15.0 Å². The Morgan fingerprint density at radius 1 is 0.857 bits per heavy atom. The summed E-state index contributed by atoms with van der Waals surface area (Å²) < 4.78 is 0. The molecule has 1 aromatic heterocycles. The van der Waals surface area contributed by atoms with Crippen molar-refractivity contribution in [1.29, 1.82) is 0 Å². The molecule has 0 unspecified atom stereocenters. The number of aromatic nitrogens is 3. The van der Waals surface area contributed by atoms with Crippen LogP contribution in [0.15, 0.2) is 66.7 Å². The van der Waals surface area contributed by atoms with Gasteiger partial charge in [0, 0.05) is 16.7 Å². The van der Waals surface area contributed by atoms with Crippen LogP contribution in [0.1, 0.15) is 42.3 Å². The maximum atomic E-state index is 13.1. The van der Waals surface area contributed by atoms with Crippen LogP contribution in [0.25, 0.3) is 16.7 Å². The molecule has 0 amide bonds. The zero-order chi connectivity index (χ0) is 19.9. The molecule has 5 heteroatoms. The SMILES string of the molecule is CC(C)(C)c1cc(C(=O)c2ccccc2)cc(-n2nc3ccccc3n2)c1O. The third-order valence-electron chi connectivity index (χ3n) is 4.70. The number of nitrogens with zero attached hydrogens (tertiary/aromatic N) is 3. The molecule has 0 fully saturated rings. The number of aromatic hydroxyl groups is 1. The van der Waals surface area contributed by atoms with Gasteiger partial charge in [0.05, 0.1) is 0 Å². The molecule has 28 heavy (non-hydrogen) atoms. The number of carbonyl (C=O) groups excluding carboxylic acids is 1. The summed E-state index contributed by atoms with van der Waals surface area (Å²) in [5, 5.41) is 19.9. The van der Waals surface area contributed by atoms with E-state index in [9.17, 15) is 9.90 Å². The van der Waals surface area contributed by atoms with Crippen molar-refractivity contribution in [3.63, 3.8) is 0 Å². The maximum absolute atomic E-state index is 13.1. The number of rotatable bonds is 3. The van der Waals surface area contributed by atoms with E-state index in [0.29, 0.717) is 22.4 Å². The van der Waals surface area contributed by atoms with Gasteiger partial charge in [0.1, 0.15) is 22.5 Å². The highest BCUT2D eigenvalue weighted by Crippen LogP contribution is 2.36. The second-order valence-electron chi connectivity index (χ2n) is 7.81. The quantitative estimate of drug-likeness (QED) is 0.532. The molecule has 0 radical (unpaired) electrons. The van der Waals surface area contributed by atoms with Crippen molar-refractivity contribution >= 4 is 16.8 Å². The largest absolute Gasteiger partial charge is 0.505 e. The zero-order valence-electron chi connectivity index (χ0n) is 16.0. The van der Waals surface area contributed by atoms with Crippen molar-refractivity contribution in [3.05, 3.63) is 83.4 Å². The Bertz CT molecular complexity index is 1140. The van der Waals surface area contributed by atoms with E-state index in [-0.39, 0.29) is 16.9 Å². The molecule has 0 aliphatic heterocycles. The highest BCUT2D eigenvalue weighted by Gasteiger charge is 2.25. The molecule has 0 atom stereocenters. The third-order valence-corrected chi connectivity index (χ3v) is 4.70. The summed E-state index contributed by atoms with van der Waals surface area (Å²) in [5.74, 6) is -0.0264. The van der Waals surface area contributed by atoms with Gasteiger partial charge in [-0.3, -0.25) is 4.79 Å². The van der Waals surface area contributed by atoms with Gasteiger partial charge in [0.2, 0.25) is 0 Å². The van der Waals surface area contributed by atoms with E-state index in [2.05, 4.69) is 10.2 Å². The predicted molar refractivity (Wildman–Crippen MR) is 109 cm³/mol. The van der Waals surface area contributed by atoms with Gasteiger partial charge in [-0.25, -0.2) is 0 Å². The molecule has 0 saturated carbocycles. The van der Waals surface area contributed by atoms with Crippen LogP contribution in [-0.4, -0.2) is 25.9 Å². The summed E-state index contributed by atoms with van der Waals surface area (Å²) in [5.41, 5.74) is 3.23. The van der Waals surface area contributed by atoms with E-state index >= 15 is 0 Å². The lowest BCUT2D eigenvalue weighted by Crippen LogP contribution is -2.15. The second-order valence-corrected chi connectivity index (χ2v) is 7.81. The molecular weight excluding hydrogens is 350 g/mol. The smallest absolute Gasteiger partial charge is 0.193 e. The summed E-state index contributed by atoms with van der Waals surface area (Å²) in [4.78, 5) is 14.5. The van der Waals surface area contributed by atoms with E-state index in [4.69, 9.17) is 0 Å². The molecule has 0 aliphatic carbocycles. The van der Waals surface area contributed by atoms with Gasteiger partial charge in [-0.15, -0.1) is 15.0 Å². The number of fused-ring (bicyclic) bond motifs is 1. The first-order valence-corrected chi connectivity index (χ1v) is 9.14. The molecule has 4 rings (SSSR count). The van der Waals surface area contributed by atoms with Crippen LogP contribution >= 0.6 is 0 Å². The average molecular weight is 371 g/mol. The number of hydrogen-bond acceptors (Lipinski definition) is 4. The molecule has 4 aromatic rings. The van der Waals surface area contributed by atoms with Crippen molar-refractivity contribution < 1.29 is 9.90 Å². The monoisotopic (exact) mass is 371 g/mol. The van der Waals surface area contributed by atoms with E-state index < -0.39 is 0 Å². The van der Waals surface area contributed by atoms with E-state index in [0.717, 1.165) is 11.0 Å². The van der Waals surface area contributed by atoms with Gasteiger partial charge in [-0.05, 0) is 29.7 Å². The van der Waals surface area contributed by atoms with Crippen LogP contribution in [0.2, 0.25) is 0 Å². The highest BCUT2D eigenvalue weighted by atomic mass is 16.3. The minimum Gasteiger partial charge on any atom is -0.505 e. The molecular formula is C23H21N3O2.